The van der Waals surface area contributed by atoms with Crippen molar-refractivity contribution in [3.05, 3.63) is 76.3 Å². The molecule has 6 nitrogen and oxygen atoms in total. The van der Waals surface area contributed by atoms with Crippen LogP contribution in [0.2, 0.25) is 0 Å². The van der Waals surface area contributed by atoms with Gasteiger partial charge in [-0.25, -0.2) is 9.97 Å². The Morgan fingerprint density at radius 2 is 1.56 bits per heavy atom. The fourth-order valence-electron chi connectivity index (χ4n) is 4.61. The van der Waals surface area contributed by atoms with Gasteiger partial charge in [-0.15, -0.1) is 0 Å². The van der Waals surface area contributed by atoms with Gasteiger partial charge in [-0.2, -0.15) is 0 Å². The summed E-state index contributed by atoms with van der Waals surface area (Å²) in [6.07, 6.45) is 6.55. The van der Waals surface area contributed by atoms with Gasteiger partial charge in [0.25, 0.3) is 11.1 Å². The van der Waals surface area contributed by atoms with E-state index in [2.05, 4.69) is 72.6 Å². The van der Waals surface area contributed by atoms with Gasteiger partial charge in [0.1, 0.15) is 0 Å². The molecule has 1 fully saturated rings. The lowest BCUT2D eigenvalue weighted by atomic mass is 10.0. The summed E-state index contributed by atoms with van der Waals surface area (Å²) < 4.78 is 0. The van der Waals surface area contributed by atoms with Crippen molar-refractivity contribution in [3.8, 4) is 22.5 Å². The molecule has 36 heavy (non-hydrogen) atoms. The number of fused-ring (bicyclic) bond motifs is 1. The Balaban J connectivity index is 1.38. The second kappa shape index (κ2) is 10.7. The number of nitrogens with zero attached hydrogens (tertiary/aromatic N) is 3. The van der Waals surface area contributed by atoms with Gasteiger partial charge in [0, 0.05) is 24.2 Å². The lowest BCUT2D eigenvalue weighted by Gasteiger charge is -2.30. The molecule has 5 rings (SSSR count). The molecule has 0 spiro atoms. The second-order valence-corrected chi connectivity index (χ2v) is 10.4. The number of amides is 2. The summed E-state index contributed by atoms with van der Waals surface area (Å²) in [5, 5.41) is 2.02. The first-order chi connectivity index (χ1) is 17.5. The maximum absolute atomic E-state index is 11.7. The minimum Gasteiger partial charge on any atom is -0.355 e. The van der Waals surface area contributed by atoms with Gasteiger partial charge in [0.05, 0.1) is 22.0 Å². The van der Waals surface area contributed by atoms with Crippen molar-refractivity contribution in [2.45, 2.75) is 46.0 Å². The number of rotatable bonds is 7. The highest BCUT2D eigenvalue weighted by Crippen LogP contribution is 2.35. The summed E-state index contributed by atoms with van der Waals surface area (Å²) in [7, 11) is 0. The normalized spacial score (nSPS) is 16.4. The number of carbonyl (C=O) groups is 2. The van der Waals surface area contributed by atoms with E-state index < -0.39 is 0 Å². The summed E-state index contributed by atoms with van der Waals surface area (Å²) in [6.45, 7) is 6.04. The van der Waals surface area contributed by atoms with Crippen LogP contribution in [0.25, 0.3) is 22.5 Å². The number of anilines is 1. The smallest absolute Gasteiger partial charge is 0.290 e. The molecule has 2 aliphatic heterocycles. The van der Waals surface area contributed by atoms with Crippen LogP contribution in [-0.4, -0.2) is 34.2 Å². The van der Waals surface area contributed by atoms with Crippen LogP contribution in [0.3, 0.4) is 0 Å². The second-order valence-electron chi connectivity index (χ2n) is 9.42. The molecule has 2 aliphatic rings. The van der Waals surface area contributed by atoms with Crippen LogP contribution >= 0.6 is 11.8 Å². The molecule has 1 N–H and O–H groups in total. The molecular weight excluding hydrogens is 468 g/mol. The average molecular weight is 499 g/mol. The summed E-state index contributed by atoms with van der Waals surface area (Å²) in [5.41, 5.74) is 7.52. The molecule has 0 saturated carbocycles. The van der Waals surface area contributed by atoms with Gasteiger partial charge in [-0.05, 0) is 57.7 Å². The molecule has 0 bridgehead atoms. The SMILES string of the molecule is Cc1ccc(-c2nc3c(nc2-c2ccc(C)cc2)N(CCCC/C=C2/SC(=O)NC2=O)CCC3)cc1. The zero-order chi connectivity index (χ0) is 25.1. The van der Waals surface area contributed by atoms with Crippen molar-refractivity contribution in [3.63, 3.8) is 0 Å². The minimum absolute atomic E-state index is 0.279. The van der Waals surface area contributed by atoms with E-state index in [1.165, 1.54) is 11.1 Å². The topological polar surface area (TPSA) is 75.2 Å². The zero-order valence-electron chi connectivity index (χ0n) is 20.7. The van der Waals surface area contributed by atoms with Crippen LogP contribution in [0.5, 0.6) is 0 Å². The Bertz CT molecular complexity index is 1320. The van der Waals surface area contributed by atoms with E-state index in [0.717, 1.165) is 91.0 Å². The van der Waals surface area contributed by atoms with Gasteiger partial charge >= 0.3 is 0 Å². The van der Waals surface area contributed by atoms with Crippen LogP contribution < -0.4 is 10.2 Å². The third kappa shape index (κ3) is 5.36. The van der Waals surface area contributed by atoms with Gasteiger partial charge in [0.15, 0.2) is 5.82 Å². The molecule has 1 aromatic heterocycles. The standard InChI is InChI=1S/C29H30N4O2S/c1-19-9-13-21(14-10-19)25-26(22-15-11-20(2)12-16-22)31-27-23(30-25)7-6-18-33(27)17-5-3-4-8-24-28(34)32-29(35)36-24/h8-16H,3-7,17-18H2,1-2H3,(H,32,34,35)/b24-8+. The fraction of sp³-hybridized carbons (Fsp3) is 0.310. The molecule has 0 radical (unpaired) electrons. The van der Waals surface area contributed by atoms with E-state index in [9.17, 15) is 9.59 Å². The van der Waals surface area contributed by atoms with Crippen molar-refractivity contribution >= 4 is 28.7 Å². The van der Waals surface area contributed by atoms with E-state index in [4.69, 9.17) is 9.97 Å². The maximum Gasteiger partial charge on any atom is 0.290 e. The third-order valence-corrected chi connectivity index (χ3v) is 7.45. The number of nitrogens with one attached hydrogen (secondary N) is 1. The van der Waals surface area contributed by atoms with Gasteiger partial charge in [-0.3, -0.25) is 14.9 Å². The molecule has 3 heterocycles. The summed E-state index contributed by atoms with van der Waals surface area (Å²) >= 11 is 0.984. The molecule has 1 saturated heterocycles. The van der Waals surface area contributed by atoms with Gasteiger partial charge in [-0.1, -0.05) is 65.7 Å². The van der Waals surface area contributed by atoms with Crippen molar-refractivity contribution in [1.82, 2.24) is 15.3 Å². The van der Waals surface area contributed by atoms with E-state index in [1.807, 2.05) is 6.08 Å². The number of unbranched alkanes of at least 4 members (excludes halogenated alkanes) is 2. The number of carbonyl (C=O) groups excluding carboxylic acids is 2. The van der Waals surface area contributed by atoms with E-state index >= 15 is 0 Å². The number of benzene rings is 2. The predicted octanol–water partition coefficient (Wildman–Crippen LogP) is 6.22. The largest absolute Gasteiger partial charge is 0.355 e. The lowest BCUT2D eigenvalue weighted by molar-refractivity contribution is -0.115. The van der Waals surface area contributed by atoms with Crippen molar-refractivity contribution in [2.75, 3.05) is 18.0 Å². The highest BCUT2D eigenvalue weighted by atomic mass is 32.2. The van der Waals surface area contributed by atoms with Gasteiger partial charge in [0.2, 0.25) is 0 Å². The Hall–Kier alpha value is -3.45. The van der Waals surface area contributed by atoms with Crippen LogP contribution in [0.1, 0.15) is 42.5 Å². The molecule has 0 atom stereocenters. The molecule has 2 aromatic carbocycles. The van der Waals surface area contributed by atoms with Gasteiger partial charge < -0.3 is 4.90 Å². The van der Waals surface area contributed by atoms with Crippen molar-refractivity contribution in [2.24, 2.45) is 0 Å². The molecule has 184 valence electrons. The number of thioether (sulfide) groups is 1. The molecule has 2 amide bonds. The zero-order valence-corrected chi connectivity index (χ0v) is 21.5. The number of hydrogen-bond acceptors (Lipinski definition) is 6. The van der Waals surface area contributed by atoms with Crippen molar-refractivity contribution in [1.29, 1.82) is 0 Å². The monoisotopic (exact) mass is 498 g/mol. The van der Waals surface area contributed by atoms with E-state index in [0.29, 0.717) is 4.91 Å². The molecular formula is C29H30N4O2S. The Labute approximate surface area is 216 Å². The quantitative estimate of drug-likeness (QED) is 0.308. The molecule has 7 heteroatoms. The maximum atomic E-state index is 11.7. The molecule has 3 aromatic rings. The Morgan fingerprint density at radius 3 is 2.17 bits per heavy atom. The highest BCUT2D eigenvalue weighted by Gasteiger charge is 2.25. The summed E-state index contributed by atoms with van der Waals surface area (Å²) in [6, 6.07) is 17.0. The number of hydrogen-bond donors (Lipinski definition) is 1. The number of allylic oxidation sites excluding steroid dienone is 1. The Kier molecular flexibility index (Phi) is 7.18. The van der Waals surface area contributed by atoms with E-state index in [1.54, 1.807) is 0 Å². The lowest BCUT2D eigenvalue weighted by Crippen LogP contribution is -2.32. The number of imide groups is 1. The average Bonchev–Trinajstić information content (AvgIpc) is 3.20. The summed E-state index contributed by atoms with van der Waals surface area (Å²) in [4.78, 5) is 36.3. The Morgan fingerprint density at radius 1 is 0.917 bits per heavy atom. The van der Waals surface area contributed by atoms with Crippen LogP contribution in [0.4, 0.5) is 10.6 Å². The fourth-order valence-corrected chi connectivity index (χ4v) is 5.30. The van der Waals surface area contributed by atoms with Crippen LogP contribution in [0.15, 0.2) is 59.5 Å². The molecule has 0 aliphatic carbocycles. The van der Waals surface area contributed by atoms with E-state index in [-0.39, 0.29) is 11.1 Å². The van der Waals surface area contributed by atoms with Crippen molar-refractivity contribution < 1.29 is 9.59 Å². The first kappa shape index (κ1) is 24.3. The number of aromatic nitrogens is 2. The third-order valence-electron chi connectivity index (χ3n) is 6.59. The highest BCUT2D eigenvalue weighted by molar-refractivity contribution is 8.18. The minimum atomic E-state index is -0.288. The predicted molar refractivity (Wildman–Crippen MR) is 146 cm³/mol. The van der Waals surface area contributed by atoms with Crippen LogP contribution in [0, 0.1) is 13.8 Å². The van der Waals surface area contributed by atoms with Crippen LogP contribution in [-0.2, 0) is 11.2 Å². The number of aryl methyl sites for hydroxylation is 3. The molecule has 0 unspecified atom stereocenters. The first-order valence-electron chi connectivity index (χ1n) is 12.5. The summed E-state index contributed by atoms with van der Waals surface area (Å²) in [5.74, 6) is 0.709. The first-order valence-corrected chi connectivity index (χ1v) is 13.3.